The van der Waals surface area contributed by atoms with E-state index in [1.165, 1.54) is 0 Å². The number of aromatic nitrogens is 2. The van der Waals surface area contributed by atoms with Crippen LogP contribution in [-0.2, 0) is 17.8 Å². The first-order chi connectivity index (χ1) is 13.2. The van der Waals surface area contributed by atoms with Crippen molar-refractivity contribution in [2.75, 3.05) is 13.1 Å². The molecule has 4 heterocycles. The lowest BCUT2D eigenvalue weighted by atomic mass is 9.97. The van der Waals surface area contributed by atoms with Gasteiger partial charge in [-0.1, -0.05) is 6.07 Å². The summed E-state index contributed by atoms with van der Waals surface area (Å²) in [5.74, 6) is 0.430. The Morgan fingerprint density at radius 3 is 2.93 bits per heavy atom. The Bertz CT molecular complexity index is 948. The third-order valence-electron chi connectivity index (χ3n) is 4.88. The molecule has 27 heavy (non-hydrogen) atoms. The summed E-state index contributed by atoms with van der Waals surface area (Å²) >= 11 is 3.23. The normalized spacial score (nSPS) is 17.2. The second-order valence-electron chi connectivity index (χ2n) is 6.87. The lowest BCUT2D eigenvalue weighted by molar-refractivity contribution is -0.132. The van der Waals surface area contributed by atoms with E-state index >= 15 is 0 Å². The Balaban J connectivity index is 1.44. The second kappa shape index (κ2) is 8.19. The van der Waals surface area contributed by atoms with Gasteiger partial charge < -0.3 is 4.90 Å². The fourth-order valence-corrected chi connectivity index (χ4v) is 4.86. The highest BCUT2D eigenvalue weighted by Crippen LogP contribution is 2.22. The van der Waals surface area contributed by atoms with E-state index in [2.05, 4.69) is 5.10 Å². The van der Waals surface area contributed by atoms with Gasteiger partial charge in [0, 0.05) is 25.7 Å². The predicted molar refractivity (Wildman–Crippen MR) is 109 cm³/mol. The van der Waals surface area contributed by atoms with E-state index in [0.717, 1.165) is 35.5 Å². The molecule has 0 radical (unpaired) electrons. The van der Waals surface area contributed by atoms with Crippen LogP contribution in [0.1, 0.15) is 18.4 Å². The van der Waals surface area contributed by atoms with Gasteiger partial charge in [0.2, 0.25) is 5.91 Å². The topological polar surface area (TPSA) is 55.2 Å². The van der Waals surface area contributed by atoms with Crippen LogP contribution in [0.25, 0.3) is 10.6 Å². The third-order valence-corrected chi connectivity index (χ3v) is 6.50. The molecule has 0 aliphatic carbocycles. The molecule has 3 aromatic heterocycles. The van der Waals surface area contributed by atoms with Gasteiger partial charge in [-0.3, -0.25) is 9.59 Å². The first-order valence-electron chi connectivity index (χ1n) is 9.10. The molecule has 1 aliphatic heterocycles. The Hall–Kier alpha value is -2.25. The highest BCUT2D eigenvalue weighted by molar-refractivity contribution is 7.13. The zero-order valence-corrected chi connectivity index (χ0v) is 16.5. The Morgan fingerprint density at radius 2 is 2.15 bits per heavy atom. The minimum atomic E-state index is -0.0861. The van der Waals surface area contributed by atoms with Crippen LogP contribution < -0.4 is 5.56 Å². The van der Waals surface area contributed by atoms with Crippen LogP contribution in [-0.4, -0.2) is 33.7 Å². The number of carbonyl (C=O) groups excluding carboxylic acids is 1. The molecule has 0 unspecified atom stereocenters. The lowest BCUT2D eigenvalue weighted by Gasteiger charge is -2.33. The van der Waals surface area contributed by atoms with Crippen molar-refractivity contribution in [3.8, 4) is 10.6 Å². The minimum absolute atomic E-state index is 0.0861. The Morgan fingerprint density at radius 1 is 1.22 bits per heavy atom. The summed E-state index contributed by atoms with van der Waals surface area (Å²) in [6.45, 7) is 2.05. The summed E-state index contributed by atoms with van der Waals surface area (Å²) in [7, 11) is 0. The summed E-state index contributed by atoms with van der Waals surface area (Å²) in [6.07, 6.45) is 2.45. The van der Waals surface area contributed by atoms with Crippen LogP contribution in [0.4, 0.5) is 0 Å². The van der Waals surface area contributed by atoms with Gasteiger partial charge in [-0.05, 0) is 58.7 Å². The molecule has 0 spiro atoms. The smallest absolute Gasteiger partial charge is 0.266 e. The maximum absolute atomic E-state index is 12.6. The van der Waals surface area contributed by atoms with E-state index < -0.39 is 0 Å². The third kappa shape index (κ3) is 4.36. The van der Waals surface area contributed by atoms with E-state index in [9.17, 15) is 9.59 Å². The molecule has 0 bridgehead atoms. The standard InChI is InChI=1S/C20H21N3O2S2/c24-19-6-5-17(18-4-2-9-27-18)21-23(19)13-16-3-1-8-22(12-16)20(25)11-15-7-10-26-14-15/h2,4-7,9-10,14,16H,1,3,8,11-13H2/t16-/m0/s1. The van der Waals surface area contributed by atoms with Crippen molar-refractivity contribution < 1.29 is 4.79 Å². The molecule has 1 saturated heterocycles. The average molecular weight is 400 g/mol. The summed E-state index contributed by atoms with van der Waals surface area (Å²) in [6, 6.07) is 9.36. The number of piperidine rings is 1. The molecule has 4 rings (SSSR count). The van der Waals surface area contributed by atoms with E-state index in [1.54, 1.807) is 39.5 Å². The monoisotopic (exact) mass is 399 g/mol. The molecule has 1 fully saturated rings. The number of likely N-dealkylation sites (tertiary alicyclic amines) is 1. The predicted octanol–water partition coefficient (Wildman–Crippen LogP) is 3.51. The van der Waals surface area contributed by atoms with E-state index in [0.29, 0.717) is 19.5 Å². The van der Waals surface area contributed by atoms with Crippen molar-refractivity contribution >= 4 is 28.6 Å². The van der Waals surface area contributed by atoms with Crippen LogP contribution in [0.5, 0.6) is 0 Å². The summed E-state index contributed by atoms with van der Waals surface area (Å²) in [5.41, 5.74) is 1.82. The van der Waals surface area contributed by atoms with Crippen molar-refractivity contribution in [3.63, 3.8) is 0 Å². The van der Waals surface area contributed by atoms with Crippen molar-refractivity contribution in [3.05, 3.63) is 62.4 Å². The zero-order valence-electron chi connectivity index (χ0n) is 14.9. The summed E-state index contributed by atoms with van der Waals surface area (Å²) < 4.78 is 1.56. The number of hydrogen-bond donors (Lipinski definition) is 0. The molecule has 0 N–H and O–H groups in total. The van der Waals surface area contributed by atoms with Crippen molar-refractivity contribution in [2.24, 2.45) is 5.92 Å². The fourth-order valence-electron chi connectivity index (χ4n) is 3.50. The van der Waals surface area contributed by atoms with Crippen LogP contribution in [0.2, 0.25) is 0 Å². The quantitative estimate of drug-likeness (QED) is 0.660. The maximum Gasteiger partial charge on any atom is 0.266 e. The molecular weight excluding hydrogens is 378 g/mol. The molecule has 0 aromatic carbocycles. The molecule has 5 nitrogen and oxygen atoms in total. The molecule has 3 aromatic rings. The van der Waals surface area contributed by atoms with E-state index in [1.807, 2.05) is 39.2 Å². The largest absolute Gasteiger partial charge is 0.342 e. The molecule has 1 atom stereocenters. The van der Waals surface area contributed by atoms with Crippen LogP contribution >= 0.6 is 22.7 Å². The summed E-state index contributed by atoms with van der Waals surface area (Å²) in [4.78, 5) is 27.9. The number of amides is 1. The van der Waals surface area contributed by atoms with Gasteiger partial charge >= 0.3 is 0 Å². The van der Waals surface area contributed by atoms with Gasteiger partial charge in [-0.15, -0.1) is 11.3 Å². The lowest BCUT2D eigenvalue weighted by Crippen LogP contribution is -2.42. The summed E-state index contributed by atoms with van der Waals surface area (Å²) in [5, 5.41) is 10.6. The number of thiophene rings is 2. The molecule has 140 valence electrons. The molecule has 1 aliphatic rings. The van der Waals surface area contributed by atoms with Crippen molar-refractivity contribution in [2.45, 2.75) is 25.8 Å². The fraction of sp³-hybridized carbons (Fsp3) is 0.350. The van der Waals surface area contributed by atoms with Crippen LogP contribution in [0, 0.1) is 5.92 Å². The number of hydrogen-bond acceptors (Lipinski definition) is 5. The van der Waals surface area contributed by atoms with Crippen molar-refractivity contribution in [1.82, 2.24) is 14.7 Å². The Labute approximate surface area is 165 Å². The molecular formula is C20H21N3O2S2. The average Bonchev–Trinajstić information content (AvgIpc) is 3.38. The molecule has 1 amide bonds. The first-order valence-corrected chi connectivity index (χ1v) is 10.9. The minimum Gasteiger partial charge on any atom is -0.342 e. The van der Waals surface area contributed by atoms with Gasteiger partial charge in [-0.2, -0.15) is 16.4 Å². The van der Waals surface area contributed by atoms with Gasteiger partial charge in [0.05, 0.1) is 11.3 Å². The maximum atomic E-state index is 12.6. The van der Waals surface area contributed by atoms with Crippen LogP contribution in [0.3, 0.4) is 0 Å². The zero-order chi connectivity index (χ0) is 18.6. The van der Waals surface area contributed by atoms with E-state index in [-0.39, 0.29) is 17.4 Å². The number of rotatable bonds is 5. The van der Waals surface area contributed by atoms with Crippen LogP contribution in [0.15, 0.2) is 51.3 Å². The van der Waals surface area contributed by atoms with Gasteiger partial charge in [0.15, 0.2) is 0 Å². The van der Waals surface area contributed by atoms with Gasteiger partial charge in [-0.25, -0.2) is 4.68 Å². The Kier molecular flexibility index (Phi) is 5.50. The number of nitrogens with zero attached hydrogens (tertiary/aromatic N) is 3. The highest BCUT2D eigenvalue weighted by atomic mass is 32.1. The molecule has 0 saturated carbocycles. The first kappa shape index (κ1) is 18.1. The highest BCUT2D eigenvalue weighted by Gasteiger charge is 2.24. The molecule has 7 heteroatoms. The van der Waals surface area contributed by atoms with E-state index in [4.69, 9.17) is 0 Å². The number of carbonyl (C=O) groups is 1. The SMILES string of the molecule is O=C(Cc1ccsc1)N1CCC[C@H](Cn2nc(-c3cccs3)ccc2=O)C1. The second-order valence-corrected chi connectivity index (χ2v) is 8.60. The van der Waals surface area contributed by atoms with Gasteiger partial charge in [0.25, 0.3) is 5.56 Å². The van der Waals surface area contributed by atoms with Crippen molar-refractivity contribution in [1.29, 1.82) is 0 Å². The van der Waals surface area contributed by atoms with Gasteiger partial charge in [0.1, 0.15) is 5.69 Å².